The number of benzene rings is 2. The molecule has 0 unspecified atom stereocenters. The Morgan fingerprint density at radius 1 is 1.10 bits per heavy atom. The molecule has 1 atom stereocenters. The second-order valence-corrected chi connectivity index (χ2v) is 7.78. The van der Waals surface area contributed by atoms with Crippen molar-refractivity contribution in [2.24, 2.45) is 0 Å². The van der Waals surface area contributed by atoms with Crippen LogP contribution in [0.25, 0.3) is 10.6 Å². The number of hydrogen-bond acceptors (Lipinski definition) is 5. The van der Waals surface area contributed by atoms with Gasteiger partial charge in [-0.1, -0.05) is 6.07 Å². The number of aromatic nitrogens is 1. The van der Waals surface area contributed by atoms with Gasteiger partial charge >= 0.3 is 0 Å². The summed E-state index contributed by atoms with van der Waals surface area (Å²) in [6.07, 6.45) is 0.122. The average Bonchev–Trinajstić information content (AvgIpc) is 3.19. The third-order valence-electron chi connectivity index (χ3n) is 4.73. The Morgan fingerprint density at radius 3 is 2.52 bits per heavy atom. The van der Waals surface area contributed by atoms with E-state index in [1.165, 1.54) is 5.56 Å². The average molecular weight is 411 g/mol. The van der Waals surface area contributed by atoms with E-state index in [9.17, 15) is 4.79 Å². The summed E-state index contributed by atoms with van der Waals surface area (Å²) in [7, 11) is 1.65. The number of carbonyl (C=O) groups excluding carboxylic acids is 1. The first kappa shape index (κ1) is 20.9. The van der Waals surface area contributed by atoms with Crippen LogP contribution in [0, 0.1) is 13.8 Å². The van der Waals surface area contributed by atoms with Gasteiger partial charge in [0.15, 0.2) is 6.10 Å². The summed E-state index contributed by atoms with van der Waals surface area (Å²) in [6.45, 7) is 6.36. The fraction of sp³-hybridized carbons (Fsp3) is 0.304. The number of thiazole rings is 1. The van der Waals surface area contributed by atoms with Crippen molar-refractivity contribution >= 4 is 17.2 Å². The van der Waals surface area contributed by atoms with Gasteiger partial charge in [-0.25, -0.2) is 4.98 Å². The highest BCUT2D eigenvalue weighted by Crippen LogP contribution is 2.25. The second-order valence-electron chi connectivity index (χ2n) is 6.92. The third-order valence-corrected chi connectivity index (χ3v) is 5.67. The van der Waals surface area contributed by atoms with E-state index in [4.69, 9.17) is 9.47 Å². The summed E-state index contributed by atoms with van der Waals surface area (Å²) in [5.41, 5.74) is 4.36. The molecule has 3 aromatic rings. The normalized spacial score (nSPS) is 11.7. The molecule has 1 aromatic heterocycles. The maximum Gasteiger partial charge on any atom is 0.260 e. The van der Waals surface area contributed by atoms with Crippen LogP contribution in [0.2, 0.25) is 0 Å². The van der Waals surface area contributed by atoms with Crippen molar-refractivity contribution in [1.29, 1.82) is 0 Å². The van der Waals surface area contributed by atoms with Crippen molar-refractivity contribution in [1.82, 2.24) is 10.3 Å². The molecule has 0 saturated carbocycles. The highest BCUT2D eigenvalue weighted by molar-refractivity contribution is 7.13. The minimum Gasteiger partial charge on any atom is -0.497 e. The first-order valence-corrected chi connectivity index (χ1v) is 10.4. The zero-order valence-corrected chi connectivity index (χ0v) is 18.0. The molecule has 1 amide bonds. The number of rotatable bonds is 8. The molecule has 2 aromatic carbocycles. The number of nitrogens with zero attached hydrogens (tertiary/aromatic N) is 1. The molecule has 0 saturated heterocycles. The van der Waals surface area contributed by atoms with Gasteiger partial charge in [0, 0.05) is 23.9 Å². The van der Waals surface area contributed by atoms with E-state index in [1.54, 1.807) is 25.4 Å². The van der Waals surface area contributed by atoms with Crippen LogP contribution in [0.1, 0.15) is 23.7 Å². The first-order chi connectivity index (χ1) is 14.0. The molecule has 3 rings (SSSR count). The minimum absolute atomic E-state index is 0.131. The Kier molecular flexibility index (Phi) is 6.88. The van der Waals surface area contributed by atoms with E-state index in [1.807, 2.05) is 61.7 Å². The number of hydrogen-bond donors (Lipinski definition) is 1. The fourth-order valence-corrected chi connectivity index (χ4v) is 3.65. The van der Waals surface area contributed by atoms with Gasteiger partial charge in [-0.15, -0.1) is 11.3 Å². The summed E-state index contributed by atoms with van der Waals surface area (Å²) in [5.74, 6) is 1.40. The number of aryl methyl sites for hydroxylation is 2. The lowest BCUT2D eigenvalue weighted by molar-refractivity contribution is -0.127. The summed E-state index contributed by atoms with van der Waals surface area (Å²) < 4.78 is 10.9. The van der Waals surface area contributed by atoms with Crippen molar-refractivity contribution in [3.8, 4) is 22.1 Å². The van der Waals surface area contributed by atoms with Gasteiger partial charge in [-0.2, -0.15) is 0 Å². The van der Waals surface area contributed by atoms with E-state index < -0.39 is 6.10 Å². The highest BCUT2D eigenvalue weighted by atomic mass is 32.1. The van der Waals surface area contributed by atoms with E-state index in [0.717, 1.165) is 27.6 Å². The van der Waals surface area contributed by atoms with Crippen molar-refractivity contribution in [3.63, 3.8) is 0 Å². The summed E-state index contributed by atoms with van der Waals surface area (Å²) in [4.78, 5) is 17.0. The smallest absolute Gasteiger partial charge is 0.260 e. The Morgan fingerprint density at radius 2 is 1.83 bits per heavy atom. The molecule has 5 nitrogen and oxygen atoms in total. The van der Waals surface area contributed by atoms with Gasteiger partial charge in [-0.3, -0.25) is 4.79 Å². The lowest BCUT2D eigenvalue weighted by atomic mass is 10.1. The van der Waals surface area contributed by atoms with Gasteiger partial charge in [-0.05, 0) is 68.3 Å². The number of carbonyl (C=O) groups is 1. The maximum absolute atomic E-state index is 12.3. The van der Waals surface area contributed by atoms with Crippen LogP contribution in [0.4, 0.5) is 0 Å². The Balaban J connectivity index is 1.48. The molecule has 0 spiro atoms. The van der Waals surface area contributed by atoms with E-state index >= 15 is 0 Å². The Labute approximate surface area is 175 Å². The molecule has 6 heteroatoms. The van der Waals surface area contributed by atoms with Gasteiger partial charge in [0.1, 0.15) is 16.5 Å². The zero-order valence-electron chi connectivity index (χ0n) is 17.2. The zero-order chi connectivity index (χ0) is 20.8. The number of nitrogens with one attached hydrogen (secondary N) is 1. The van der Waals surface area contributed by atoms with E-state index in [2.05, 4.69) is 10.3 Å². The first-order valence-electron chi connectivity index (χ1n) is 9.56. The van der Waals surface area contributed by atoms with Gasteiger partial charge in [0.05, 0.1) is 12.8 Å². The Hall–Kier alpha value is -2.86. The van der Waals surface area contributed by atoms with Crippen LogP contribution in [-0.2, 0) is 11.2 Å². The third kappa shape index (κ3) is 5.57. The number of ether oxygens (including phenoxy) is 2. The molecule has 0 fully saturated rings. The predicted molar refractivity (Wildman–Crippen MR) is 117 cm³/mol. The lowest BCUT2D eigenvalue weighted by Crippen LogP contribution is -2.37. The van der Waals surface area contributed by atoms with E-state index in [0.29, 0.717) is 18.7 Å². The van der Waals surface area contributed by atoms with Crippen molar-refractivity contribution in [2.75, 3.05) is 13.7 Å². The molecule has 152 valence electrons. The maximum atomic E-state index is 12.3. The molecule has 0 aliphatic rings. The van der Waals surface area contributed by atoms with Crippen molar-refractivity contribution < 1.29 is 14.3 Å². The molecular weight excluding hydrogens is 384 g/mol. The van der Waals surface area contributed by atoms with Gasteiger partial charge in [0.25, 0.3) is 5.91 Å². The van der Waals surface area contributed by atoms with E-state index in [-0.39, 0.29) is 5.91 Å². The molecule has 0 aliphatic heterocycles. The van der Waals surface area contributed by atoms with Crippen LogP contribution in [0.5, 0.6) is 11.5 Å². The van der Waals surface area contributed by atoms with Crippen molar-refractivity contribution in [2.45, 2.75) is 33.3 Å². The monoisotopic (exact) mass is 410 g/mol. The molecule has 1 N–H and O–H groups in total. The molecule has 1 heterocycles. The standard InChI is InChI=1S/C23H26N2O3S/c1-15-5-8-21(13-16(15)2)28-17(3)22(26)24-12-11-19-14-29-23(25-19)18-6-9-20(27-4)10-7-18/h5-10,13-14,17H,11-12H2,1-4H3,(H,24,26)/t17-/m0/s1. The molecule has 0 bridgehead atoms. The van der Waals surface area contributed by atoms with Crippen LogP contribution >= 0.6 is 11.3 Å². The number of amides is 1. The number of methoxy groups -OCH3 is 1. The highest BCUT2D eigenvalue weighted by Gasteiger charge is 2.15. The molecule has 29 heavy (non-hydrogen) atoms. The topological polar surface area (TPSA) is 60.5 Å². The summed E-state index contributed by atoms with van der Waals surface area (Å²) >= 11 is 1.60. The lowest BCUT2D eigenvalue weighted by Gasteiger charge is -2.15. The van der Waals surface area contributed by atoms with Crippen LogP contribution in [0.3, 0.4) is 0 Å². The van der Waals surface area contributed by atoms with Crippen LogP contribution < -0.4 is 14.8 Å². The second kappa shape index (κ2) is 9.56. The largest absolute Gasteiger partial charge is 0.497 e. The van der Waals surface area contributed by atoms with Gasteiger partial charge in [0.2, 0.25) is 0 Å². The summed E-state index contributed by atoms with van der Waals surface area (Å²) in [5, 5.41) is 5.91. The predicted octanol–water partition coefficient (Wildman–Crippen LogP) is 4.56. The minimum atomic E-state index is -0.553. The van der Waals surface area contributed by atoms with Crippen molar-refractivity contribution in [3.05, 3.63) is 64.7 Å². The van der Waals surface area contributed by atoms with Gasteiger partial charge < -0.3 is 14.8 Å². The SMILES string of the molecule is COc1ccc(-c2nc(CCNC(=O)[C@H](C)Oc3ccc(C)c(C)c3)cs2)cc1. The summed E-state index contributed by atoms with van der Waals surface area (Å²) in [6, 6.07) is 13.7. The quantitative estimate of drug-likeness (QED) is 0.591. The Bertz CT molecular complexity index is 967. The molecule has 0 aliphatic carbocycles. The molecular formula is C23H26N2O3S. The fourth-order valence-electron chi connectivity index (χ4n) is 2.79. The molecule has 0 radical (unpaired) electrons. The van der Waals surface area contributed by atoms with Crippen LogP contribution in [0.15, 0.2) is 47.8 Å². The van der Waals surface area contributed by atoms with Crippen LogP contribution in [-0.4, -0.2) is 30.6 Å².